The molecule has 2 aromatic rings. The Hall–Kier alpha value is -2.33. The number of guanidine groups is 1. The van der Waals surface area contributed by atoms with Gasteiger partial charge >= 0.3 is 0 Å². The zero-order valence-electron chi connectivity index (χ0n) is 22.5. The van der Waals surface area contributed by atoms with Gasteiger partial charge in [-0.25, -0.2) is 0 Å². The van der Waals surface area contributed by atoms with Gasteiger partial charge in [0.05, 0.1) is 0 Å². The summed E-state index contributed by atoms with van der Waals surface area (Å²) in [5.74, 6) is 2.32. The highest BCUT2D eigenvalue weighted by Crippen LogP contribution is 2.34. The van der Waals surface area contributed by atoms with Gasteiger partial charge in [-0.2, -0.15) is 0 Å². The third-order valence-electron chi connectivity index (χ3n) is 6.65. The van der Waals surface area contributed by atoms with Gasteiger partial charge < -0.3 is 16.0 Å². The van der Waals surface area contributed by atoms with Crippen molar-refractivity contribution in [3.05, 3.63) is 70.8 Å². The van der Waals surface area contributed by atoms with Gasteiger partial charge in [-0.15, -0.1) is 0 Å². The lowest BCUT2D eigenvalue weighted by molar-refractivity contribution is 0.528. The van der Waals surface area contributed by atoms with Crippen molar-refractivity contribution >= 4 is 5.96 Å². The van der Waals surface area contributed by atoms with Gasteiger partial charge in [0.1, 0.15) is 0 Å². The molecule has 2 atom stereocenters. The van der Waals surface area contributed by atoms with Gasteiger partial charge in [-0.3, -0.25) is 4.99 Å². The number of hydrogen-bond donors (Lipinski definition) is 3. The standard InChI is InChI=1S/C30H46N4/c1-19(2)23-9-13-25(14-10-23)29(26-15-11-24(12-16-26)20(3)4)28-17-27(18-31-28)34-30(32-21(5)6)33-22(7)8/h9-16,19-22,27-29,31H,17-18H2,1-8H3,(H2,32,33,34)/t27-,28-/m1/s1. The van der Waals surface area contributed by atoms with E-state index in [4.69, 9.17) is 4.99 Å². The van der Waals surface area contributed by atoms with Crippen molar-refractivity contribution in [3.8, 4) is 0 Å². The average Bonchev–Trinajstić information content (AvgIpc) is 3.21. The molecule has 1 fully saturated rings. The van der Waals surface area contributed by atoms with E-state index in [1.807, 2.05) is 0 Å². The van der Waals surface area contributed by atoms with Crippen LogP contribution in [0.5, 0.6) is 0 Å². The third kappa shape index (κ3) is 7.09. The Labute approximate surface area is 208 Å². The molecule has 0 unspecified atom stereocenters. The number of rotatable bonds is 8. The molecule has 1 aliphatic rings. The molecule has 0 amide bonds. The Morgan fingerprint density at radius 1 is 0.765 bits per heavy atom. The van der Waals surface area contributed by atoms with Crippen molar-refractivity contribution in [2.24, 2.45) is 4.99 Å². The molecule has 2 aromatic carbocycles. The van der Waals surface area contributed by atoms with Crippen LogP contribution >= 0.6 is 0 Å². The van der Waals surface area contributed by atoms with Crippen LogP contribution in [-0.2, 0) is 0 Å². The summed E-state index contributed by atoms with van der Waals surface area (Å²) in [6, 6.07) is 19.9. The van der Waals surface area contributed by atoms with Gasteiger partial charge in [0.25, 0.3) is 0 Å². The Kier molecular flexibility index (Phi) is 9.18. The minimum atomic E-state index is 0.255. The molecule has 4 heteroatoms. The first-order valence-electron chi connectivity index (χ1n) is 13.2. The molecule has 3 N–H and O–H groups in total. The third-order valence-corrected chi connectivity index (χ3v) is 6.65. The van der Waals surface area contributed by atoms with E-state index in [1.165, 1.54) is 22.3 Å². The Balaban J connectivity index is 1.85. The molecule has 1 saturated heterocycles. The fraction of sp³-hybridized carbons (Fsp3) is 0.567. The lowest BCUT2D eigenvalue weighted by Crippen LogP contribution is -2.47. The minimum Gasteiger partial charge on any atom is -0.354 e. The number of hydrogen-bond acceptors (Lipinski definition) is 2. The molecule has 1 heterocycles. The highest BCUT2D eigenvalue weighted by Gasteiger charge is 2.33. The Bertz CT molecular complexity index is 858. The van der Waals surface area contributed by atoms with Crippen molar-refractivity contribution in [2.75, 3.05) is 6.54 Å². The Morgan fingerprint density at radius 2 is 1.24 bits per heavy atom. The molecular weight excluding hydrogens is 416 g/mol. The van der Waals surface area contributed by atoms with Crippen molar-refractivity contribution in [2.45, 2.75) is 104 Å². The van der Waals surface area contributed by atoms with Crippen molar-refractivity contribution in [1.82, 2.24) is 16.0 Å². The highest BCUT2D eigenvalue weighted by molar-refractivity contribution is 5.80. The minimum absolute atomic E-state index is 0.255. The zero-order chi connectivity index (χ0) is 24.8. The molecule has 0 radical (unpaired) electrons. The van der Waals surface area contributed by atoms with E-state index in [9.17, 15) is 0 Å². The first kappa shape index (κ1) is 26.3. The second-order valence-corrected chi connectivity index (χ2v) is 11.1. The van der Waals surface area contributed by atoms with E-state index in [0.717, 1.165) is 18.9 Å². The molecule has 0 aromatic heterocycles. The van der Waals surface area contributed by atoms with Crippen LogP contribution in [0.3, 0.4) is 0 Å². The van der Waals surface area contributed by atoms with Crippen molar-refractivity contribution in [3.63, 3.8) is 0 Å². The van der Waals surface area contributed by atoms with Crippen LogP contribution in [-0.4, -0.2) is 36.7 Å². The van der Waals surface area contributed by atoms with Crippen molar-refractivity contribution < 1.29 is 0 Å². The second-order valence-electron chi connectivity index (χ2n) is 11.1. The highest BCUT2D eigenvalue weighted by atomic mass is 15.2. The van der Waals surface area contributed by atoms with Crippen LogP contribution in [0.15, 0.2) is 53.5 Å². The van der Waals surface area contributed by atoms with E-state index in [2.05, 4.69) is 120 Å². The first-order chi connectivity index (χ1) is 16.1. The summed E-state index contributed by atoms with van der Waals surface area (Å²) in [6.07, 6.45) is 1.05. The van der Waals surface area contributed by atoms with Crippen LogP contribution in [0.25, 0.3) is 0 Å². The van der Waals surface area contributed by atoms with E-state index < -0.39 is 0 Å². The Morgan fingerprint density at radius 3 is 1.65 bits per heavy atom. The molecular formula is C30H46N4. The van der Waals surface area contributed by atoms with Gasteiger partial charge in [0.2, 0.25) is 0 Å². The summed E-state index contributed by atoms with van der Waals surface area (Å²) in [5.41, 5.74) is 5.56. The molecule has 4 nitrogen and oxygen atoms in total. The summed E-state index contributed by atoms with van der Waals surface area (Å²) in [6.45, 7) is 18.5. The predicted molar refractivity (Wildman–Crippen MR) is 147 cm³/mol. The summed E-state index contributed by atoms with van der Waals surface area (Å²) in [5, 5.41) is 11.0. The SMILES string of the molecule is CC(C)/N=C(\NC(C)C)N[C@H]1CN[C@@H](C(c2ccc(C(C)C)cc2)c2ccc(C(C)C)cc2)C1. The van der Waals surface area contributed by atoms with Gasteiger partial charge in [-0.05, 0) is 68.2 Å². The summed E-state index contributed by atoms with van der Waals surface area (Å²) >= 11 is 0. The number of aliphatic imine (C=N–C) groups is 1. The molecule has 1 aliphatic heterocycles. The topological polar surface area (TPSA) is 48.5 Å². The lowest BCUT2D eigenvalue weighted by Gasteiger charge is -2.26. The molecule has 0 aliphatic carbocycles. The van der Waals surface area contributed by atoms with Crippen molar-refractivity contribution in [1.29, 1.82) is 0 Å². The van der Waals surface area contributed by atoms with E-state index >= 15 is 0 Å². The summed E-state index contributed by atoms with van der Waals surface area (Å²) < 4.78 is 0. The average molecular weight is 463 g/mol. The summed E-state index contributed by atoms with van der Waals surface area (Å²) in [4.78, 5) is 4.79. The maximum Gasteiger partial charge on any atom is 0.191 e. The lowest BCUT2D eigenvalue weighted by atomic mass is 9.82. The van der Waals surface area contributed by atoms with E-state index in [-0.39, 0.29) is 6.04 Å². The monoisotopic (exact) mass is 462 g/mol. The largest absolute Gasteiger partial charge is 0.354 e. The van der Waals surface area contributed by atoms with Gasteiger partial charge in [0, 0.05) is 36.6 Å². The molecule has 0 spiro atoms. The molecule has 34 heavy (non-hydrogen) atoms. The quantitative estimate of drug-likeness (QED) is 0.326. The normalized spacial score (nSPS) is 19.1. The molecule has 0 bridgehead atoms. The smallest absolute Gasteiger partial charge is 0.191 e. The maximum absolute atomic E-state index is 4.79. The van der Waals surface area contributed by atoms with Gasteiger partial charge in [0.15, 0.2) is 5.96 Å². The van der Waals surface area contributed by atoms with Crippen LogP contribution < -0.4 is 16.0 Å². The zero-order valence-corrected chi connectivity index (χ0v) is 22.5. The summed E-state index contributed by atoms with van der Waals surface area (Å²) in [7, 11) is 0. The molecule has 0 saturated carbocycles. The van der Waals surface area contributed by atoms with E-state index in [1.54, 1.807) is 0 Å². The first-order valence-corrected chi connectivity index (χ1v) is 13.2. The second kappa shape index (κ2) is 11.9. The van der Waals surface area contributed by atoms with Crippen LogP contribution in [0.2, 0.25) is 0 Å². The fourth-order valence-corrected chi connectivity index (χ4v) is 4.81. The number of nitrogens with zero attached hydrogens (tertiary/aromatic N) is 1. The maximum atomic E-state index is 4.79. The molecule has 3 rings (SSSR count). The predicted octanol–water partition coefficient (Wildman–Crippen LogP) is 6.15. The van der Waals surface area contributed by atoms with Crippen LogP contribution in [0.4, 0.5) is 0 Å². The van der Waals surface area contributed by atoms with Crippen LogP contribution in [0, 0.1) is 0 Å². The number of benzene rings is 2. The van der Waals surface area contributed by atoms with Gasteiger partial charge in [-0.1, -0.05) is 76.2 Å². The number of nitrogens with one attached hydrogen (secondary N) is 3. The van der Waals surface area contributed by atoms with E-state index in [0.29, 0.717) is 35.9 Å². The van der Waals surface area contributed by atoms with Crippen LogP contribution in [0.1, 0.15) is 102 Å². The molecule has 186 valence electrons. The fourth-order valence-electron chi connectivity index (χ4n) is 4.81.